The van der Waals surface area contributed by atoms with Gasteiger partial charge in [-0.05, 0) is 24.4 Å². The number of rotatable bonds is 1. The summed E-state index contributed by atoms with van der Waals surface area (Å²) >= 11 is 4.69. The van der Waals surface area contributed by atoms with Gasteiger partial charge in [0.15, 0.2) is 5.11 Å². The summed E-state index contributed by atoms with van der Waals surface area (Å²) in [5.41, 5.74) is 8.13. The van der Waals surface area contributed by atoms with E-state index in [2.05, 4.69) is 0 Å². The number of para-hydroxylation sites is 1. The van der Waals surface area contributed by atoms with Crippen molar-refractivity contribution in [3.8, 4) is 0 Å². The monoisotopic (exact) mass is 165 g/mol. The lowest BCUT2D eigenvalue weighted by Gasteiger charge is -2.15. The van der Waals surface area contributed by atoms with Crippen molar-refractivity contribution >= 4 is 23.0 Å². The molecule has 0 aliphatic rings. The van der Waals surface area contributed by atoms with E-state index in [-0.39, 0.29) is 5.11 Å². The van der Waals surface area contributed by atoms with Gasteiger partial charge >= 0.3 is 0 Å². The quantitative estimate of drug-likeness (QED) is 0.592. The van der Waals surface area contributed by atoms with Crippen LogP contribution in [0.1, 0.15) is 0 Å². The summed E-state index contributed by atoms with van der Waals surface area (Å²) in [5.74, 6) is 0. The van der Waals surface area contributed by atoms with E-state index < -0.39 is 0 Å². The molecule has 1 aromatic carbocycles. The molecule has 0 bridgehead atoms. The van der Waals surface area contributed by atoms with E-state index in [1.807, 2.05) is 30.3 Å². The Labute approximate surface area is 71.6 Å². The molecule has 1 N–H and O–H groups in total. The lowest BCUT2D eigenvalue weighted by molar-refractivity contribution is 1.26. The number of nitrogens with zero attached hydrogens (tertiary/aromatic N) is 1. The van der Waals surface area contributed by atoms with Crippen LogP contribution < -0.4 is 10.6 Å². The van der Waals surface area contributed by atoms with Gasteiger partial charge in [-0.1, -0.05) is 18.2 Å². The van der Waals surface area contributed by atoms with E-state index in [0.29, 0.717) is 0 Å². The fraction of sp³-hybridized carbons (Fsp3) is 0.125. The Morgan fingerprint density at radius 2 is 1.91 bits per heavy atom. The Balaban J connectivity index is 2.85. The van der Waals surface area contributed by atoms with Crippen molar-refractivity contribution in [1.29, 1.82) is 0 Å². The minimum absolute atomic E-state index is 0.135. The van der Waals surface area contributed by atoms with Crippen molar-refractivity contribution in [2.45, 2.75) is 0 Å². The van der Waals surface area contributed by atoms with E-state index in [4.69, 9.17) is 18.0 Å². The van der Waals surface area contributed by atoms with Gasteiger partial charge in [0.25, 0.3) is 0 Å². The zero-order chi connectivity index (χ0) is 8.27. The predicted octanol–water partition coefficient (Wildman–Crippen LogP) is 1.69. The molecule has 0 saturated heterocycles. The maximum absolute atomic E-state index is 7.18. The van der Waals surface area contributed by atoms with E-state index >= 15 is 0 Å². The first-order chi connectivity index (χ1) is 5.22. The van der Waals surface area contributed by atoms with E-state index in [1.54, 1.807) is 11.9 Å². The average molecular weight is 165 g/mol. The van der Waals surface area contributed by atoms with Gasteiger partial charge in [0.1, 0.15) is 0 Å². The first-order valence-electron chi connectivity index (χ1n) is 3.26. The zero-order valence-corrected chi connectivity index (χ0v) is 7.06. The minimum Gasteiger partial charge on any atom is -0.321 e. The van der Waals surface area contributed by atoms with Gasteiger partial charge in [0, 0.05) is 12.7 Å². The summed E-state index contributed by atoms with van der Waals surface area (Å²) < 4.78 is 0. The topological polar surface area (TPSA) is 27.0 Å². The van der Waals surface area contributed by atoms with Crippen LogP contribution in [0.4, 0.5) is 5.69 Å². The van der Waals surface area contributed by atoms with Crippen molar-refractivity contribution in [2.24, 2.45) is 0 Å². The summed E-state index contributed by atoms with van der Waals surface area (Å²) in [5, 5.41) is 0.135. The van der Waals surface area contributed by atoms with Crippen molar-refractivity contribution in [2.75, 3.05) is 11.9 Å². The molecule has 0 aromatic heterocycles. The molecule has 1 rings (SSSR count). The number of nitrogens with one attached hydrogen (secondary N) is 1. The second-order valence-corrected chi connectivity index (χ2v) is 2.59. The normalized spacial score (nSPS) is 9.18. The molecular formula is C8H9N2S. The number of hydrogen-bond acceptors (Lipinski definition) is 1. The van der Waals surface area contributed by atoms with Crippen LogP contribution in [0.2, 0.25) is 0 Å². The van der Waals surface area contributed by atoms with Crippen molar-refractivity contribution in [1.82, 2.24) is 5.73 Å². The molecule has 0 unspecified atom stereocenters. The Hall–Kier alpha value is -1.09. The Kier molecular flexibility index (Phi) is 2.44. The SMILES string of the molecule is CN(C([NH])=S)c1ccccc1. The predicted molar refractivity (Wildman–Crippen MR) is 50.5 cm³/mol. The smallest absolute Gasteiger partial charge is 0.192 e. The van der Waals surface area contributed by atoms with Gasteiger partial charge in [0.2, 0.25) is 0 Å². The second-order valence-electron chi connectivity index (χ2n) is 2.20. The Bertz CT molecular complexity index is 246. The van der Waals surface area contributed by atoms with Crippen molar-refractivity contribution in [3.05, 3.63) is 30.3 Å². The fourth-order valence-electron chi connectivity index (χ4n) is 0.769. The molecule has 1 radical (unpaired) electrons. The van der Waals surface area contributed by atoms with Crippen LogP contribution in [0.3, 0.4) is 0 Å². The summed E-state index contributed by atoms with van der Waals surface area (Å²) in [6.07, 6.45) is 0. The van der Waals surface area contributed by atoms with E-state index in [0.717, 1.165) is 5.69 Å². The molecule has 0 saturated carbocycles. The van der Waals surface area contributed by atoms with Crippen LogP contribution in [0, 0.1) is 0 Å². The van der Waals surface area contributed by atoms with Gasteiger partial charge in [-0.3, -0.25) is 5.73 Å². The lowest BCUT2D eigenvalue weighted by atomic mass is 10.3. The molecule has 0 heterocycles. The molecule has 0 aliphatic carbocycles. The highest BCUT2D eigenvalue weighted by atomic mass is 32.1. The maximum atomic E-state index is 7.18. The molecule has 0 atom stereocenters. The molecular weight excluding hydrogens is 156 g/mol. The molecule has 0 amide bonds. The third kappa shape index (κ3) is 1.91. The standard InChI is InChI=1S/C8H9N2S/c1-10(8(9)11)7-5-3-2-4-6-7/h2-6,9H,1H3. The van der Waals surface area contributed by atoms with Crippen LogP contribution in [0.15, 0.2) is 30.3 Å². The Morgan fingerprint density at radius 3 is 2.36 bits per heavy atom. The number of thiocarbonyl (C=S) groups is 1. The van der Waals surface area contributed by atoms with Crippen LogP contribution >= 0.6 is 12.2 Å². The number of hydrogen-bond donors (Lipinski definition) is 0. The summed E-state index contributed by atoms with van der Waals surface area (Å²) in [6.45, 7) is 0. The third-order valence-electron chi connectivity index (χ3n) is 1.45. The fourth-order valence-corrected chi connectivity index (χ4v) is 0.874. The molecule has 0 fully saturated rings. The first kappa shape index (κ1) is 8.01. The maximum Gasteiger partial charge on any atom is 0.192 e. The zero-order valence-electron chi connectivity index (χ0n) is 6.24. The number of benzene rings is 1. The molecule has 1 aromatic rings. The molecule has 57 valence electrons. The highest BCUT2D eigenvalue weighted by Gasteiger charge is 2.00. The van der Waals surface area contributed by atoms with Crippen LogP contribution in [-0.2, 0) is 0 Å². The van der Waals surface area contributed by atoms with Gasteiger partial charge < -0.3 is 4.90 Å². The first-order valence-corrected chi connectivity index (χ1v) is 3.67. The minimum atomic E-state index is 0.135. The molecule has 11 heavy (non-hydrogen) atoms. The van der Waals surface area contributed by atoms with Crippen LogP contribution in [-0.4, -0.2) is 12.2 Å². The van der Waals surface area contributed by atoms with Gasteiger partial charge in [-0.15, -0.1) is 0 Å². The van der Waals surface area contributed by atoms with Crippen molar-refractivity contribution in [3.63, 3.8) is 0 Å². The van der Waals surface area contributed by atoms with Gasteiger partial charge in [-0.25, -0.2) is 0 Å². The largest absolute Gasteiger partial charge is 0.321 e. The lowest BCUT2D eigenvalue weighted by Crippen LogP contribution is -2.24. The highest BCUT2D eigenvalue weighted by molar-refractivity contribution is 7.80. The average Bonchev–Trinajstić information content (AvgIpc) is 2.05. The van der Waals surface area contributed by atoms with E-state index in [1.165, 1.54) is 0 Å². The summed E-state index contributed by atoms with van der Waals surface area (Å²) in [7, 11) is 1.78. The molecule has 0 spiro atoms. The van der Waals surface area contributed by atoms with E-state index in [9.17, 15) is 0 Å². The van der Waals surface area contributed by atoms with Crippen molar-refractivity contribution < 1.29 is 0 Å². The van der Waals surface area contributed by atoms with Crippen LogP contribution in [0.5, 0.6) is 0 Å². The molecule has 0 aliphatic heterocycles. The molecule has 2 nitrogen and oxygen atoms in total. The van der Waals surface area contributed by atoms with Gasteiger partial charge in [0.05, 0.1) is 0 Å². The van der Waals surface area contributed by atoms with Gasteiger partial charge in [-0.2, -0.15) is 0 Å². The Morgan fingerprint density at radius 1 is 1.36 bits per heavy atom. The second kappa shape index (κ2) is 3.34. The third-order valence-corrected chi connectivity index (χ3v) is 1.72. The number of anilines is 1. The van der Waals surface area contributed by atoms with Crippen LogP contribution in [0.25, 0.3) is 0 Å². The summed E-state index contributed by atoms with van der Waals surface area (Å²) in [6, 6.07) is 9.61. The highest BCUT2D eigenvalue weighted by Crippen LogP contribution is 2.10. The summed E-state index contributed by atoms with van der Waals surface area (Å²) in [4.78, 5) is 1.65. The molecule has 3 heteroatoms.